The minimum atomic E-state index is -5.29. The summed E-state index contributed by atoms with van der Waals surface area (Å²) in [5.74, 6) is 0. The maximum absolute atomic E-state index is 12.2. The highest BCUT2D eigenvalue weighted by atomic mass is 32.2. The maximum atomic E-state index is 12.2. The van der Waals surface area contributed by atoms with E-state index in [1.54, 1.807) is 0 Å². The normalized spacial score (nSPS) is 12.4. The highest BCUT2D eigenvalue weighted by Crippen LogP contribution is 2.30. The molecule has 0 radical (unpaired) electrons. The fourth-order valence-corrected chi connectivity index (χ4v) is 1.96. The number of aliphatic hydroxyl groups is 1. The van der Waals surface area contributed by atoms with Gasteiger partial charge in [-0.25, -0.2) is 8.42 Å². The summed E-state index contributed by atoms with van der Waals surface area (Å²) in [5, 5.41) is 11.4. The van der Waals surface area contributed by atoms with E-state index >= 15 is 0 Å². The number of aliphatic hydroxyl groups excluding tert-OH is 1. The number of alkyl halides is 3. The molecule has 0 aliphatic rings. The van der Waals surface area contributed by atoms with Crippen LogP contribution in [-0.4, -0.2) is 32.2 Å². The van der Waals surface area contributed by atoms with Gasteiger partial charge in [-0.15, -0.1) is 0 Å². The van der Waals surface area contributed by atoms with Crippen molar-refractivity contribution >= 4 is 15.5 Å². The van der Waals surface area contributed by atoms with Crippen molar-refractivity contribution in [1.82, 2.24) is 0 Å². The number of hydrogen-bond acceptors (Lipinski definition) is 4. The Kier molecular flexibility index (Phi) is 4.58. The van der Waals surface area contributed by atoms with Gasteiger partial charge in [0.2, 0.25) is 0 Å². The van der Waals surface area contributed by atoms with E-state index in [1.165, 1.54) is 12.1 Å². The van der Waals surface area contributed by atoms with Crippen molar-refractivity contribution in [2.45, 2.75) is 16.8 Å². The Morgan fingerprint density at radius 1 is 1.17 bits per heavy atom. The molecule has 0 amide bonds. The Labute approximate surface area is 102 Å². The molecule has 0 fully saturated rings. The van der Waals surface area contributed by atoms with Crippen LogP contribution in [-0.2, 0) is 9.84 Å². The van der Waals surface area contributed by atoms with Gasteiger partial charge in [0.1, 0.15) is 0 Å². The smallest absolute Gasteiger partial charge is 0.396 e. The zero-order valence-electron chi connectivity index (χ0n) is 9.24. The monoisotopic (exact) mass is 283 g/mol. The Morgan fingerprint density at radius 2 is 1.72 bits per heavy atom. The fourth-order valence-electron chi connectivity index (χ4n) is 1.20. The first-order chi connectivity index (χ1) is 8.29. The van der Waals surface area contributed by atoms with Gasteiger partial charge < -0.3 is 10.4 Å². The molecule has 0 heterocycles. The third-order valence-corrected chi connectivity index (χ3v) is 3.64. The molecular formula is C10H12F3NO3S. The Morgan fingerprint density at radius 3 is 2.17 bits per heavy atom. The molecule has 8 heteroatoms. The Bertz CT molecular complexity index is 482. The van der Waals surface area contributed by atoms with Crippen molar-refractivity contribution in [3.8, 4) is 0 Å². The van der Waals surface area contributed by atoms with Crippen LogP contribution in [0.25, 0.3) is 0 Å². The van der Waals surface area contributed by atoms with Gasteiger partial charge in [-0.05, 0) is 30.7 Å². The van der Waals surface area contributed by atoms with Gasteiger partial charge in [0, 0.05) is 18.8 Å². The second kappa shape index (κ2) is 5.57. The van der Waals surface area contributed by atoms with Gasteiger partial charge in [0.15, 0.2) is 0 Å². The van der Waals surface area contributed by atoms with Crippen LogP contribution < -0.4 is 5.32 Å². The molecule has 4 nitrogen and oxygen atoms in total. The largest absolute Gasteiger partial charge is 0.501 e. The first kappa shape index (κ1) is 14.8. The van der Waals surface area contributed by atoms with E-state index in [2.05, 4.69) is 5.32 Å². The van der Waals surface area contributed by atoms with E-state index in [-0.39, 0.29) is 6.61 Å². The third kappa shape index (κ3) is 3.36. The lowest BCUT2D eigenvalue weighted by molar-refractivity contribution is -0.0436. The first-order valence-corrected chi connectivity index (χ1v) is 6.53. The standard InChI is InChI=1S/C10H12F3NO3S/c11-10(12,13)18(16,17)9-4-2-8(3-5-9)14-6-1-7-15/h2-5,14-15H,1,6-7H2. The summed E-state index contributed by atoms with van der Waals surface area (Å²) in [4.78, 5) is -0.789. The van der Waals surface area contributed by atoms with Gasteiger partial charge in [-0.1, -0.05) is 0 Å². The molecule has 0 spiro atoms. The van der Waals surface area contributed by atoms with Crippen LogP contribution in [0, 0.1) is 0 Å². The second-order valence-electron chi connectivity index (χ2n) is 3.48. The van der Waals surface area contributed by atoms with E-state index in [0.717, 1.165) is 12.1 Å². The van der Waals surface area contributed by atoms with Crippen LogP contribution in [0.3, 0.4) is 0 Å². The molecule has 0 unspecified atom stereocenters. The zero-order chi connectivity index (χ0) is 13.8. The van der Waals surface area contributed by atoms with E-state index < -0.39 is 20.2 Å². The number of sulfone groups is 1. The summed E-state index contributed by atoms with van der Waals surface area (Å²) in [7, 11) is -5.29. The lowest BCUT2D eigenvalue weighted by atomic mass is 10.3. The molecule has 0 saturated carbocycles. The van der Waals surface area contributed by atoms with Gasteiger partial charge in [-0.2, -0.15) is 13.2 Å². The molecular weight excluding hydrogens is 271 g/mol. The van der Waals surface area contributed by atoms with Crippen LogP contribution in [0.15, 0.2) is 29.2 Å². The molecule has 0 aliphatic heterocycles. The highest BCUT2D eigenvalue weighted by Gasteiger charge is 2.46. The SMILES string of the molecule is O=S(=O)(c1ccc(NCCCO)cc1)C(F)(F)F. The van der Waals surface area contributed by atoms with Crippen molar-refractivity contribution in [3.05, 3.63) is 24.3 Å². The molecule has 18 heavy (non-hydrogen) atoms. The summed E-state index contributed by atoms with van der Waals surface area (Å²) in [5.41, 5.74) is -4.80. The fraction of sp³-hybridized carbons (Fsp3) is 0.400. The third-order valence-electron chi connectivity index (χ3n) is 2.13. The molecule has 2 N–H and O–H groups in total. The minimum absolute atomic E-state index is 0.00641. The molecule has 1 aromatic rings. The van der Waals surface area contributed by atoms with Crippen molar-refractivity contribution in [1.29, 1.82) is 0 Å². The van der Waals surface area contributed by atoms with E-state index in [1.807, 2.05) is 0 Å². The van der Waals surface area contributed by atoms with E-state index in [4.69, 9.17) is 5.11 Å². The number of halogens is 3. The maximum Gasteiger partial charge on any atom is 0.501 e. The molecule has 1 aromatic carbocycles. The molecule has 102 valence electrons. The summed E-state index contributed by atoms with van der Waals surface area (Å²) in [6.07, 6.45) is 0.489. The van der Waals surface area contributed by atoms with Crippen LogP contribution in [0.2, 0.25) is 0 Å². The average Bonchev–Trinajstić information content (AvgIpc) is 2.28. The predicted octanol–water partition coefficient (Wildman–Crippen LogP) is 1.77. The van der Waals surface area contributed by atoms with Crippen LogP contribution in [0.1, 0.15) is 6.42 Å². The van der Waals surface area contributed by atoms with Gasteiger partial charge in [-0.3, -0.25) is 0 Å². The van der Waals surface area contributed by atoms with Crippen LogP contribution >= 0.6 is 0 Å². The second-order valence-corrected chi connectivity index (χ2v) is 5.42. The topological polar surface area (TPSA) is 66.4 Å². The van der Waals surface area contributed by atoms with Gasteiger partial charge in [0.25, 0.3) is 9.84 Å². The van der Waals surface area contributed by atoms with Crippen molar-refractivity contribution in [2.75, 3.05) is 18.5 Å². The number of anilines is 1. The molecule has 1 rings (SSSR count). The summed E-state index contributed by atoms with van der Waals surface area (Å²) >= 11 is 0. The lowest BCUT2D eigenvalue weighted by Gasteiger charge is -2.09. The van der Waals surface area contributed by atoms with Crippen molar-refractivity contribution < 1.29 is 26.7 Å². The highest BCUT2D eigenvalue weighted by molar-refractivity contribution is 7.92. The average molecular weight is 283 g/mol. The molecule has 0 saturated heterocycles. The zero-order valence-corrected chi connectivity index (χ0v) is 10.1. The molecule has 0 atom stereocenters. The summed E-state index contributed by atoms with van der Waals surface area (Å²) < 4.78 is 58.8. The quantitative estimate of drug-likeness (QED) is 0.808. The van der Waals surface area contributed by atoms with Crippen molar-refractivity contribution in [3.63, 3.8) is 0 Å². The van der Waals surface area contributed by atoms with Crippen LogP contribution in [0.5, 0.6) is 0 Å². The summed E-state index contributed by atoms with van der Waals surface area (Å²) in [6, 6.07) is 4.28. The number of nitrogens with one attached hydrogen (secondary N) is 1. The van der Waals surface area contributed by atoms with E-state index in [9.17, 15) is 21.6 Å². The summed E-state index contributed by atoms with van der Waals surface area (Å²) in [6.45, 7) is 0.440. The molecule has 0 bridgehead atoms. The van der Waals surface area contributed by atoms with E-state index in [0.29, 0.717) is 18.7 Å². The Hall–Kier alpha value is -1.28. The van der Waals surface area contributed by atoms with Gasteiger partial charge >= 0.3 is 5.51 Å². The Balaban J connectivity index is 2.84. The number of hydrogen-bond donors (Lipinski definition) is 2. The number of rotatable bonds is 5. The molecule has 0 aliphatic carbocycles. The van der Waals surface area contributed by atoms with Gasteiger partial charge in [0.05, 0.1) is 4.90 Å². The number of benzene rings is 1. The minimum Gasteiger partial charge on any atom is -0.396 e. The molecule has 0 aromatic heterocycles. The predicted molar refractivity (Wildman–Crippen MR) is 59.9 cm³/mol. The van der Waals surface area contributed by atoms with Crippen LogP contribution in [0.4, 0.5) is 18.9 Å². The van der Waals surface area contributed by atoms with Crippen molar-refractivity contribution in [2.24, 2.45) is 0 Å². The first-order valence-electron chi connectivity index (χ1n) is 5.05. The lowest BCUT2D eigenvalue weighted by Crippen LogP contribution is -2.23.